The van der Waals surface area contributed by atoms with Crippen LogP contribution >= 0.6 is 0 Å². The third-order valence-electron chi connectivity index (χ3n) is 7.55. The number of alkyl halides is 2. The van der Waals surface area contributed by atoms with Crippen LogP contribution in [0.1, 0.15) is 63.7 Å². The quantitative estimate of drug-likeness (QED) is 0.562. The van der Waals surface area contributed by atoms with Gasteiger partial charge >= 0.3 is 0 Å². The molecule has 3 N–H and O–H groups in total. The fraction of sp³-hybridized carbons (Fsp3) is 0.440. The van der Waals surface area contributed by atoms with E-state index in [0.29, 0.717) is 18.7 Å². The van der Waals surface area contributed by atoms with E-state index in [0.717, 1.165) is 53.1 Å². The summed E-state index contributed by atoms with van der Waals surface area (Å²) in [6.07, 6.45) is 2.78. The highest BCUT2D eigenvalue weighted by Gasteiger charge is 2.45. The Kier molecular flexibility index (Phi) is 5.19. The molecule has 10 heteroatoms. The summed E-state index contributed by atoms with van der Waals surface area (Å²) in [6, 6.07) is 5.47. The van der Waals surface area contributed by atoms with Gasteiger partial charge in [-0.2, -0.15) is 5.10 Å². The molecule has 0 aromatic carbocycles. The van der Waals surface area contributed by atoms with Crippen molar-refractivity contribution < 1.29 is 13.6 Å². The van der Waals surface area contributed by atoms with Crippen LogP contribution < -0.4 is 16.0 Å². The van der Waals surface area contributed by atoms with E-state index < -0.39 is 18.0 Å². The first-order valence-electron chi connectivity index (χ1n) is 12.0. The SMILES string of the molecule is Cc1nc(N2CC3CC3C2)ccc1Cn1cc(C(=O)N[C@@H]2CCc3c2ccnc3N)c(C(F)F)n1. The van der Waals surface area contributed by atoms with Crippen molar-refractivity contribution in [2.24, 2.45) is 11.8 Å². The molecule has 3 aliphatic rings. The van der Waals surface area contributed by atoms with Gasteiger partial charge in [-0.1, -0.05) is 6.07 Å². The zero-order valence-corrected chi connectivity index (χ0v) is 19.4. The van der Waals surface area contributed by atoms with Crippen LogP contribution in [0, 0.1) is 18.8 Å². The number of nitrogen functional groups attached to an aromatic ring is 1. The highest BCUT2D eigenvalue weighted by molar-refractivity contribution is 5.95. The number of rotatable bonds is 6. The van der Waals surface area contributed by atoms with Gasteiger partial charge in [0.1, 0.15) is 17.3 Å². The van der Waals surface area contributed by atoms with Gasteiger partial charge in [0.05, 0.1) is 18.2 Å². The van der Waals surface area contributed by atoms with Crippen molar-refractivity contribution in [1.82, 2.24) is 25.1 Å². The molecule has 2 fully saturated rings. The lowest BCUT2D eigenvalue weighted by Crippen LogP contribution is -2.27. The molecule has 2 aliphatic carbocycles. The predicted molar refractivity (Wildman–Crippen MR) is 126 cm³/mol. The van der Waals surface area contributed by atoms with Crippen molar-refractivity contribution >= 4 is 17.5 Å². The van der Waals surface area contributed by atoms with Crippen LogP contribution in [-0.4, -0.2) is 38.7 Å². The van der Waals surface area contributed by atoms with Crippen molar-refractivity contribution in [1.29, 1.82) is 0 Å². The summed E-state index contributed by atoms with van der Waals surface area (Å²) in [5.74, 6) is 2.45. The van der Waals surface area contributed by atoms with Gasteiger partial charge in [-0.15, -0.1) is 0 Å². The number of pyridine rings is 2. The standard InChI is InChI=1S/C25H27F2N7O/c1-13-14(2-5-21(30-13)33-9-15-8-16(15)10-33)11-34-12-19(22(32-34)23(26)27)25(35)31-20-4-3-18-17(20)6-7-29-24(18)28/h2,5-7,12,15-16,20,23H,3-4,8-11H2,1H3,(H2,28,29)(H,31,35)/t15?,16?,20-/m1/s1. The van der Waals surface area contributed by atoms with E-state index in [9.17, 15) is 13.6 Å². The highest BCUT2D eigenvalue weighted by atomic mass is 19.3. The summed E-state index contributed by atoms with van der Waals surface area (Å²) in [5, 5.41) is 6.93. The Morgan fingerprint density at radius 1 is 1.26 bits per heavy atom. The van der Waals surface area contributed by atoms with Gasteiger partial charge in [-0.05, 0) is 66.8 Å². The molecule has 3 atom stereocenters. The lowest BCUT2D eigenvalue weighted by molar-refractivity contribution is 0.0922. The molecule has 1 saturated heterocycles. The first-order valence-corrected chi connectivity index (χ1v) is 12.0. The molecule has 0 bridgehead atoms. The maximum atomic E-state index is 13.8. The zero-order valence-electron chi connectivity index (χ0n) is 19.4. The summed E-state index contributed by atoms with van der Waals surface area (Å²) >= 11 is 0. The van der Waals surface area contributed by atoms with Gasteiger partial charge < -0.3 is 16.0 Å². The minimum Gasteiger partial charge on any atom is -0.383 e. The van der Waals surface area contributed by atoms with Gasteiger partial charge in [0, 0.05) is 31.2 Å². The van der Waals surface area contributed by atoms with Crippen LogP contribution in [0.5, 0.6) is 0 Å². The van der Waals surface area contributed by atoms with Crippen LogP contribution in [0.2, 0.25) is 0 Å². The van der Waals surface area contributed by atoms with Crippen LogP contribution in [0.4, 0.5) is 20.4 Å². The van der Waals surface area contributed by atoms with E-state index >= 15 is 0 Å². The summed E-state index contributed by atoms with van der Waals surface area (Å²) in [4.78, 5) is 24.2. The van der Waals surface area contributed by atoms with E-state index in [2.05, 4.69) is 20.3 Å². The van der Waals surface area contributed by atoms with Gasteiger partial charge in [-0.25, -0.2) is 18.7 Å². The molecule has 35 heavy (non-hydrogen) atoms. The Morgan fingerprint density at radius 3 is 2.80 bits per heavy atom. The maximum Gasteiger partial charge on any atom is 0.282 e. The number of aromatic nitrogens is 4. The second kappa shape index (κ2) is 8.28. The smallest absolute Gasteiger partial charge is 0.282 e. The molecule has 0 spiro atoms. The van der Waals surface area contributed by atoms with Gasteiger partial charge in [-0.3, -0.25) is 9.48 Å². The van der Waals surface area contributed by atoms with Crippen molar-refractivity contribution in [2.45, 2.75) is 45.2 Å². The molecule has 6 rings (SSSR count). The van der Waals surface area contributed by atoms with E-state index in [1.165, 1.54) is 17.3 Å². The summed E-state index contributed by atoms with van der Waals surface area (Å²) in [7, 11) is 0. The number of anilines is 2. The number of halogens is 2. The lowest BCUT2D eigenvalue weighted by atomic mass is 10.1. The van der Waals surface area contributed by atoms with Gasteiger partial charge in [0.2, 0.25) is 0 Å². The van der Waals surface area contributed by atoms with E-state index in [4.69, 9.17) is 10.7 Å². The largest absolute Gasteiger partial charge is 0.383 e. The summed E-state index contributed by atoms with van der Waals surface area (Å²) in [5.41, 5.74) is 8.79. The molecule has 3 aromatic rings. The maximum absolute atomic E-state index is 13.8. The Bertz CT molecular complexity index is 1300. The third-order valence-corrected chi connectivity index (χ3v) is 7.55. The number of carbonyl (C=O) groups excluding carboxylic acids is 1. The molecule has 1 amide bonds. The number of hydrogen-bond donors (Lipinski definition) is 2. The normalized spacial score (nSPS) is 22.4. The first-order chi connectivity index (χ1) is 16.9. The second-order valence-electron chi connectivity index (χ2n) is 9.83. The molecule has 1 aliphatic heterocycles. The second-order valence-corrected chi connectivity index (χ2v) is 9.83. The highest BCUT2D eigenvalue weighted by Crippen LogP contribution is 2.46. The molecule has 3 aromatic heterocycles. The van der Waals surface area contributed by atoms with Crippen LogP contribution in [0.25, 0.3) is 0 Å². The van der Waals surface area contributed by atoms with Crippen molar-refractivity contribution in [3.63, 3.8) is 0 Å². The Labute approximate surface area is 201 Å². The number of hydrogen-bond acceptors (Lipinski definition) is 6. The predicted octanol–water partition coefficient (Wildman–Crippen LogP) is 3.42. The summed E-state index contributed by atoms with van der Waals surface area (Å²) in [6.45, 7) is 4.28. The Balaban J connectivity index is 1.20. The van der Waals surface area contributed by atoms with Gasteiger partial charge in [0.25, 0.3) is 12.3 Å². The minimum absolute atomic E-state index is 0.117. The van der Waals surface area contributed by atoms with Crippen molar-refractivity contribution in [2.75, 3.05) is 23.7 Å². The minimum atomic E-state index is -2.86. The lowest BCUT2D eigenvalue weighted by Gasteiger charge is -2.20. The molecule has 2 unspecified atom stereocenters. The molecule has 1 saturated carbocycles. The monoisotopic (exact) mass is 479 g/mol. The number of amides is 1. The number of nitrogens with two attached hydrogens (primary N) is 1. The number of nitrogens with one attached hydrogen (secondary N) is 1. The molecule has 4 heterocycles. The molecule has 182 valence electrons. The van der Waals surface area contributed by atoms with Crippen LogP contribution in [0.3, 0.4) is 0 Å². The van der Waals surface area contributed by atoms with Gasteiger partial charge in [0.15, 0.2) is 0 Å². The zero-order chi connectivity index (χ0) is 24.3. The molecule has 8 nitrogen and oxygen atoms in total. The number of aryl methyl sites for hydroxylation is 1. The number of piperidine rings is 1. The molecular weight excluding hydrogens is 452 g/mol. The fourth-order valence-electron chi connectivity index (χ4n) is 5.49. The summed E-state index contributed by atoms with van der Waals surface area (Å²) < 4.78 is 29.0. The van der Waals surface area contributed by atoms with Crippen LogP contribution in [-0.2, 0) is 13.0 Å². The van der Waals surface area contributed by atoms with E-state index in [1.807, 2.05) is 25.1 Å². The first kappa shape index (κ1) is 21.9. The third kappa shape index (κ3) is 4.00. The van der Waals surface area contributed by atoms with Crippen molar-refractivity contribution in [3.8, 4) is 0 Å². The number of carbonyl (C=O) groups is 1. The average Bonchev–Trinajstić information content (AvgIpc) is 3.19. The Hall–Kier alpha value is -3.56. The fourth-order valence-corrected chi connectivity index (χ4v) is 5.49. The van der Waals surface area contributed by atoms with Crippen molar-refractivity contribution in [3.05, 3.63) is 64.2 Å². The van der Waals surface area contributed by atoms with Crippen LogP contribution in [0.15, 0.2) is 30.6 Å². The molecule has 0 radical (unpaired) electrons. The topological polar surface area (TPSA) is 102 Å². The average molecular weight is 480 g/mol. The number of fused-ring (bicyclic) bond motifs is 2. The van der Waals surface area contributed by atoms with E-state index in [1.54, 1.807) is 6.20 Å². The Morgan fingerprint density at radius 2 is 2.06 bits per heavy atom. The van der Waals surface area contributed by atoms with E-state index in [-0.39, 0.29) is 18.2 Å². The molecular formula is C25H27F2N7O. The number of nitrogens with zero attached hydrogens (tertiary/aromatic N) is 5.